The van der Waals surface area contributed by atoms with E-state index in [1.807, 2.05) is 45.9 Å². The van der Waals surface area contributed by atoms with E-state index in [0.717, 1.165) is 10.0 Å². The van der Waals surface area contributed by atoms with Crippen LogP contribution in [0.25, 0.3) is 0 Å². The van der Waals surface area contributed by atoms with E-state index in [2.05, 4.69) is 28.1 Å². The number of hydrogen-bond donors (Lipinski definition) is 0. The van der Waals surface area contributed by atoms with Crippen LogP contribution in [-0.2, 0) is 18.8 Å². The van der Waals surface area contributed by atoms with Gasteiger partial charge in [-0.1, -0.05) is 34.1 Å². The Hall–Kier alpha value is -1.11. The molecule has 0 aliphatic carbocycles. The van der Waals surface area contributed by atoms with Gasteiger partial charge in [-0.05, 0) is 58.7 Å². The van der Waals surface area contributed by atoms with Gasteiger partial charge in [0.25, 0.3) is 0 Å². The Bertz CT molecular complexity index is 609. The van der Waals surface area contributed by atoms with Crippen molar-refractivity contribution in [3.8, 4) is 0 Å². The van der Waals surface area contributed by atoms with Crippen molar-refractivity contribution in [1.82, 2.24) is 0 Å². The van der Waals surface area contributed by atoms with Gasteiger partial charge in [0.05, 0.1) is 17.8 Å². The van der Waals surface area contributed by atoms with E-state index < -0.39 is 11.2 Å². The smallest absolute Gasteiger partial charge is 0.463 e. The van der Waals surface area contributed by atoms with Crippen molar-refractivity contribution in [2.75, 3.05) is 6.61 Å². The highest BCUT2D eigenvalue weighted by Gasteiger charge is 2.53. The first-order chi connectivity index (χ1) is 11.7. The first kappa shape index (κ1) is 20.2. The third-order valence-electron chi connectivity index (χ3n) is 4.83. The lowest BCUT2D eigenvalue weighted by atomic mass is 9.66. The lowest BCUT2D eigenvalue weighted by Gasteiger charge is -2.32. The van der Waals surface area contributed by atoms with Gasteiger partial charge in [-0.15, -0.1) is 0 Å². The van der Waals surface area contributed by atoms with Crippen LogP contribution >= 0.6 is 15.9 Å². The zero-order chi connectivity index (χ0) is 18.7. The van der Waals surface area contributed by atoms with Crippen LogP contribution in [0.2, 0.25) is 0 Å². The fourth-order valence-electron chi connectivity index (χ4n) is 2.67. The lowest BCUT2D eigenvalue weighted by molar-refractivity contribution is -0.137. The topological polar surface area (TPSA) is 44.8 Å². The Morgan fingerprint density at radius 2 is 1.76 bits per heavy atom. The number of benzene rings is 1. The summed E-state index contributed by atoms with van der Waals surface area (Å²) >= 11 is 3.47. The molecule has 1 atom stereocenters. The van der Waals surface area contributed by atoms with Crippen molar-refractivity contribution in [3.63, 3.8) is 0 Å². The third kappa shape index (κ3) is 4.96. The predicted molar refractivity (Wildman–Crippen MR) is 103 cm³/mol. The summed E-state index contributed by atoms with van der Waals surface area (Å²) in [6, 6.07) is 8.11. The number of allylic oxidation sites excluding steroid dienone is 1. The lowest BCUT2D eigenvalue weighted by Crippen LogP contribution is -2.41. The molecule has 0 N–H and O–H groups in total. The maximum absolute atomic E-state index is 11.6. The maximum Gasteiger partial charge on any atom is 0.466 e. The third-order valence-corrected chi connectivity index (χ3v) is 5.36. The summed E-state index contributed by atoms with van der Waals surface area (Å²) in [5, 5.41) is 0. The molecule has 1 saturated heterocycles. The van der Waals surface area contributed by atoms with E-state index in [1.165, 1.54) is 6.08 Å². The molecule has 0 bridgehead atoms. The normalized spacial score (nSPS) is 20.0. The number of ether oxygens (including phenoxy) is 1. The number of carbonyl (C=O) groups is 1. The first-order valence-electron chi connectivity index (χ1n) is 8.60. The molecule has 1 aromatic carbocycles. The van der Waals surface area contributed by atoms with Crippen LogP contribution in [0.3, 0.4) is 0 Å². The molecule has 0 radical (unpaired) electrons. The monoisotopic (exact) mass is 408 g/mol. The van der Waals surface area contributed by atoms with Crippen LogP contribution in [-0.4, -0.2) is 30.9 Å². The molecule has 4 nitrogen and oxygen atoms in total. The van der Waals surface area contributed by atoms with Crippen LogP contribution in [0.15, 0.2) is 40.9 Å². The summed E-state index contributed by atoms with van der Waals surface area (Å²) in [6.07, 6.45) is 3.92. The highest BCUT2D eigenvalue weighted by molar-refractivity contribution is 9.10. The average Bonchev–Trinajstić information content (AvgIpc) is 2.73. The Labute approximate surface area is 159 Å². The van der Waals surface area contributed by atoms with Crippen LogP contribution in [0.5, 0.6) is 0 Å². The zero-order valence-corrected chi connectivity index (χ0v) is 17.1. The molecule has 0 aromatic heterocycles. The minimum absolute atomic E-state index is 0.0140. The molecule has 1 aliphatic rings. The maximum atomic E-state index is 11.6. The molecule has 0 saturated carbocycles. The summed E-state index contributed by atoms with van der Waals surface area (Å²) in [6.45, 7) is 10.3. The molecule has 2 rings (SSSR count). The molecule has 136 valence electrons. The summed E-state index contributed by atoms with van der Waals surface area (Å²) < 4.78 is 18.4. The molecule has 1 fully saturated rings. The summed E-state index contributed by atoms with van der Waals surface area (Å²) in [5.41, 5.74) is 0.321. The van der Waals surface area contributed by atoms with Crippen molar-refractivity contribution in [1.29, 1.82) is 0 Å². The minimum Gasteiger partial charge on any atom is -0.463 e. The second-order valence-corrected chi connectivity index (χ2v) is 8.09. The van der Waals surface area contributed by atoms with Gasteiger partial charge < -0.3 is 14.0 Å². The number of halogens is 1. The summed E-state index contributed by atoms with van der Waals surface area (Å²) in [4.78, 5) is 11.6. The van der Waals surface area contributed by atoms with Gasteiger partial charge in [0.15, 0.2) is 0 Å². The Balaban J connectivity index is 2.21. The Kier molecular flexibility index (Phi) is 6.52. The van der Waals surface area contributed by atoms with Gasteiger partial charge in [-0.25, -0.2) is 4.79 Å². The van der Waals surface area contributed by atoms with E-state index in [1.54, 1.807) is 6.92 Å². The van der Waals surface area contributed by atoms with Gasteiger partial charge in [0.1, 0.15) is 0 Å². The number of esters is 1. The highest BCUT2D eigenvalue weighted by atomic mass is 79.9. The van der Waals surface area contributed by atoms with Gasteiger partial charge in [-0.3, -0.25) is 0 Å². The largest absolute Gasteiger partial charge is 0.466 e. The van der Waals surface area contributed by atoms with Crippen LogP contribution in [0, 0.1) is 0 Å². The van der Waals surface area contributed by atoms with Crippen molar-refractivity contribution < 1.29 is 18.8 Å². The van der Waals surface area contributed by atoms with E-state index in [0.29, 0.717) is 13.0 Å². The molecule has 1 aromatic rings. The molecule has 1 aliphatic heterocycles. The molecule has 25 heavy (non-hydrogen) atoms. The van der Waals surface area contributed by atoms with E-state index >= 15 is 0 Å². The number of rotatable bonds is 6. The summed E-state index contributed by atoms with van der Waals surface area (Å²) in [7, 11) is -0.377. The van der Waals surface area contributed by atoms with Crippen molar-refractivity contribution in [2.24, 2.45) is 0 Å². The second kappa shape index (κ2) is 8.06. The molecule has 0 spiro atoms. The van der Waals surface area contributed by atoms with Crippen LogP contribution in [0.1, 0.15) is 52.4 Å². The quantitative estimate of drug-likeness (QED) is 0.389. The van der Waals surface area contributed by atoms with E-state index in [9.17, 15) is 4.79 Å². The fraction of sp³-hybridized carbons (Fsp3) is 0.526. The van der Waals surface area contributed by atoms with Crippen molar-refractivity contribution in [3.05, 3.63) is 46.5 Å². The van der Waals surface area contributed by atoms with Gasteiger partial charge in [0.2, 0.25) is 0 Å². The molecule has 0 amide bonds. The van der Waals surface area contributed by atoms with E-state index in [-0.39, 0.29) is 18.9 Å². The van der Waals surface area contributed by atoms with Crippen molar-refractivity contribution >= 4 is 29.0 Å². The van der Waals surface area contributed by atoms with E-state index in [4.69, 9.17) is 14.0 Å². The number of hydrogen-bond acceptors (Lipinski definition) is 4. The predicted octanol–water partition coefficient (Wildman–Crippen LogP) is 4.67. The molecule has 1 unspecified atom stereocenters. The SMILES string of the molecule is CCOC(=O)/C=C/CC(B1OC(C)(C)C(C)(C)O1)c1ccc(Br)cc1. The molecule has 1 heterocycles. The Morgan fingerprint density at radius 3 is 2.28 bits per heavy atom. The van der Waals surface area contributed by atoms with Gasteiger partial charge >= 0.3 is 13.1 Å². The van der Waals surface area contributed by atoms with Crippen LogP contribution < -0.4 is 0 Å². The molecular formula is C19H26BBrO4. The van der Waals surface area contributed by atoms with Crippen molar-refractivity contribution in [2.45, 2.75) is 58.1 Å². The number of carbonyl (C=O) groups excluding carboxylic acids is 1. The molecular weight excluding hydrogens is 383 g/mol. The minimum atomic E-state index is -0.393. The highest BCUT2D eigenvalue weighted by Crippen LogP contribution is 2.41. The van der Waals surface area contributed by atoms with Gasteiger partial charge in [-0.2, -0.15) is 0 Å². The molecule has 6 heteroatoms. The second-order valence-electron chi connectivity index (χ2n) is 7.17. The fourth-order valence-corrected chi connectivity index (χ4v) is 2.93. The Morgan fingerprint density at radius 1 is 1.20 bits per heavy atom. The van der Waals surface area contributed by atoms with Gasteiger partial charge in [0, 0.05) is 16.4 Å². The first-order valence-corrected chi connectivity index (χ1v) is 9.40. The summed E-state index contributed by atoms with van der Waals surface area (Å²) in [5.74, 6) is -0.342. The van der Waals surface area contributed by atoms with Crippen LogP contribution in [0.4, 0.5) is 0 Å². The standard InChI is InChI=1S/C19H26BBrO4/c1-6-23-17(22)9-7-8-16(14-10-12-15(21)13-11-14)20-24-18(2,3)19(4,5)25-20/h7,9-13,16H,6,8H2,1-5H3/b9-7+. The zero-order valence-electron chi connectivity index (χ0n) is 15.5. The average molecular weight is 409 g/mol.